The molecule has 0 unspecified atom stereocenters. The predicted octanol–water partition coefficient (Wildman–Crippen LogP) is 3.66. The molecule has 4 rings (SSSR count). The van der Waals surface area contributed by atoms with E-state index in [1.807, 2.05) is 6.92 Å². The molecular formula is C24H41N3O4. The van der Waals surface area contributed by atoms with E-state index >= 15 is 0 Å². The highest BCUT2D eigenvalue weighted by Gasteiger charge is 2.51. The molecule has 0 aliphatic heterocycles. The van der Waals surface area contributed by atoms with Crippen LogP contribution in [0.25, 0.3) is 0 Å². The summed E-state index contributed by atoms with van der Waals surface area (Å²) in [6.45, 7) is 3.44. The zero-order valence-electron chi connectivity index (χ0n) is 19.2. The van der Waals surface area contributed by atoms with Crippen molar-refractivity contribution in [3.8, 4) is 0 Å². The maximum atomic E-state index is 12.4. The molecule has 3 N–H and O–H groups in total. The monoisotopic (exact) mass is 435 g/mol. The molecule has 7 heteroatoms. The van der Waals surface area contributed by atoms with Gasteiger partial charge in [0.25, 0.3) is 0 Å². The van der Waals surface area contributed by atoms with Crippen molar-refractivity contribution >= 4 is 17.9 Å². The molecule has 4 aliphatic rings. The minimum absolute atomic E-state index is 0.0342. The van der Waals surface area contributed by atoms with E-state index < -0.39 is 0 Å². The van der Waals surface area contributed by atoms with Crippen LogP contribution < -0.4 is 16.0 Å². The van der Waals surface area contributed by atoms with E-state index in [9.17, 15) is 14.4 Å². The Labute approximate surface area is 186 Å². The third-order valence-electron chi connectivity index (χ3n) is 7.22. The number of amides is 3. The van der Waals surface area contributed by atoms with Crippen molar-refractivity contribution in [2.75, 3.05) is 19.7 Å². The van der Waals surface area contributed by atoms with Crippen molar-refractivity contribution < 1.29 is 19.1 Å². The average Bonchev–Trinajstić information content (AvgIpc) is 2.69. The highest BCUT2D eigenvalue weighted by Crippen LogP contribution is 2.55. The maximum Gasteiger partial charge on any atom is 0.315 e. The van der Waals surface area contributed by atoms with Crippen LogP contribution in [-0.2, 0) is 14.3 Å². The van der Waals surface area contributed by atoms with Crippen LogP contribution in [0.15, 0.2) is 0 Å². The van der Waals surface area contributed by atoms with Gasteiger partial charge in [0, 0.05) is 31.5 Å². The van der Waals surface area contributed by atoms with Crippen LogP contribution in [0.3, 0.4) is 0 Å². The van der Waals surface area contributed by atoms with Crippen molar-refractivity contribution in [3.63, 3.8) is 0 Å². The van der Waals surface area contributed by atoms with Gasteiger partial charge in [0.2, 0.25) is 5.91 Å². The quantitative estimate of drug-likeness (QED) is 0.304. The normalized spacial score (nSPS) is 28.2. The summed E-state index contributed by atoms with van der Waals surface area (Å²) in [5.74, 6) is 2.35. The predicted molar refractivity (Wildman–Crippen MR) is 119 cm³/mol. The van der Waals surface area contributed by atoms with Crippen molar-refractivity contribution in [2.45, 2.75) is 95.9 Å². The lowest BCUT2D eigenvalue weighted by Crippen LogP contribution is -2.61. The first-order valence-electron chi connectivity index (χ1n) is 12.5. The van der Waals surface area contributed by atoms with E-state index in [2.05, 4.69) is 16.0 Å². The molecule has 0 atom stereocenters. The zero-order valence-corrected chi connectivity index (χ0v) is 19.2. The number of ether oxygens (including phenoxy) is 1. The standard InChI is InChI=1S/C24H41N3O4/c1-2-31-22(29)9-5-3-4-6-10-25-21(28)8-7-11-26-23(30)27-24-15-18-12-19(16-24)14-20(13-18)17-24/h18-20H,2-17H2,1H3,(H,25,28)(H2,26,27,30). The molecule has 0 aromatic rings. The molecule has 4 fully saturated rings. The Bertz CT molecular complexity index is 587. The molecule has 0 aromatic heterocycles. The van der Waals surface area contributed by atoms with E-state index in [0.717, 1.165) is 62.7 Å². The number of urea groups is 1. The number of hydrogen-bond donors (Lipinski definition) is 3. The third-order valence-corrected chi connectivity index (χ3v) is 7.22. The number of carbonyl (C=O) groups is 3. The summed E-state index contributed by atoms with van der Waals surface area (Å²) in [6.07, 6.45) is 12.8. The summed E-state index contributed by atoms with van der Waals surface area (Å²) < 4.78 is 4.90. The second kappa shape index (κ2) is 11.7. The van der Waals surface area contributed by atoms with Gasteiger partial charge in [-0.25, -0.2) is 4.79 Å². The Hall–Kier alpha value is -1.79. The Balaban J connectivity index is 1.16. The molecule has 0 aromatic carbocycles. The van der Waals surface area contributed by atoms with Gasteiger partial charge in [0.1, 0.15) is 0 Å². The van der Waals surface area contributed by atoms with Gasteiger partial charge < -0.3 is 20.7 Å². The third kappa shape index (κ3) is 7.69. The van der Waals surface area contributed by atoms with E-state index in [-0.39, 0.29) is 23.4 Å². The Morgan fingerprint density at radius 2 is 1.42 bits per heavy atom. The number of esters is 1. The molecule has 4 aliphatic carbocycles. The number of nitrogens with one attached hydrogen (secondary N) is 3. The van der Waals surface area contributed by atoms with Crippen LogP contribution in [0.5, 0.6) is 0 Å². The first kappa shape index (κ1) is 23.9. The minimum atomic E-state index is -0.129. The molecule has 3 amide bonds. The van der Waals surface area contributed by atoms with Crippen LogP contribution in [0, 0.1) is 17.8 Å². The van der Waals surface area contributed by atoms with Gasteiger partial charge in [-0.2, -0.15) is 0 Å². The smallest absolute Gasteiger partial charge is 0.315 e. The fourth-order valence-corrected chi connectivity index (χ4v) is 6.30. The van der Waals surface area contributed by atoms with E-state index in [1.165, 1.54) is 19.3 Å². The second-order valence-electron chi connectivity index (χ2n) is 10.0. The SMILES string of the molecule is CCOC(=O)CCCCCCNC(=O)CCCNC(=O)NC12CC3CC(CC(C3)C1)C2. The van der Waals surface area contributed by atoms with Gasteiger partial charge in [-0.3, -0.25) is 9.59 Å². The minimum Gasteiger partial charge on any atom is -0.466 e. The van der Waals surface area contributed by atoms with Gasteiger partial charge >= 0.3 is 12.0 Å². The Morgan fingerprint density at radius 1 is 0.806 bits per heavy atom. The van der Waals surface area contributed by atoms with Crippen LogP contribution in [0.1, 0.15) is 90.4 Å². The lowest BCUT2D eigenvalue weighted by molar-refractivity contribution is -0.143. The lowest BCUT2D eigenvalue weighted by atomic mass is 9.53. The lowest BCUT2D eigenvalue weighted by Gasteiger charge is -2.56. The topological polar surface area (TPSA) is 96.5 Å². The second-order valence-corrected chi connectivity index (χ2v) is 10.0. The highest BCUT2D eigenvalue weighted by atomic mass is 16.5. The maximum absolute atomic E-state index is 12.4. The summed E-state index contributed by atoms with van der Waals surface area (Å²) in [7, 11) is 0. The fourth-order valence-electron chi connectivity index (χ4n) is 6.30. The fraction of sp³-hybridized carbons (Fsp3) is 0.875. The van der Waals surface area contributed by atoms with Gasteiger partial charge in [-0.05, 0) is 82.5 Å². The van der Waals surface area contributed by atoms with E-state index in [4.69, 9.17) is 4.74 Å². The first-order valence-corrected chi connectivity index (χ1v) is 12.5. The Kier molecular flexibility index (Phi) is 9.02. The molecule has 176 valence electrons. The van der Waals surface area contributed by atoms with E-state index in [0.29, 0.717) is 39.0 Å². The highest BCUT2D eigenvalue weighted by molar-refractivity contribution is 5.76. The van der Waals surface area contributed by atoms with Crippen LogP contribution in [-0.4, -0.2) is 43.1 Å². The molecule has 0 heterocycles. The van der Waals surface area contributed by atoms with Crippen molar-refractivity contribution in [1.29, 1.82) is 0 Å². The largest absolute Gasteiger partial charge is 0.466 e. The number of carbonyl (C=O) groups excluding carboxylic acids is 3. The molecule has 4 bridgehead atoms. The molecule has 0 radical (unpaired) electrons. The first-order chi connectivity index (χ1) is 15.0. The van der Waals surface area contributed by atoms with E-state index in [1.54, 1.807) is 0 Å². The van der Waals surface area contributed by atoms with Crippen molar-refractivity contribution in [3.05, 3.63) is 0 Å². The average molecular weight is 436 g/mol. The molecule has 31 heavy (non-hydrogen) atoms. The number of hydrogen-bond acceptors (Lipinski definition) is 4. The molecule has 4 saturated carbocycles. The number of unbranched alkanes of at least 4 members (excludes halogenated alkanes) is 3. The van der Waals surface area contributed by atoms with Crippen molar-refractivity contribution in [1.82, 2.24) is 16.0 Å². The summed E-state index contributed by atoms with van der Waals surface area (Å²) in [4.78, 5) is 35.6. The molecule has 0 spiro atoms. The summed E-state index contributed by atoms with van der Waals surface area (Å²) in [5, 5.41) is 9.19. The van der Waals surface area contributed by atoms with Crippen LogP contribution in [0.2, 0.25) is 0 Å². The molecule has 7 nitrogen and oxygen atoms in total. The Morgan fingerprint density at radius 3 is 2.06 bits per heavy atom. The zero-order chi connectivity index (χ0) is 22.1. The summed E-state index contributed by atoms with van der Waals surface area (Å²) in [6, 6.07) is -0.0647. The summed E-state index contributed by atoms with van der Waals surface area (Å²) in [5.41, 5.74) is 0.0342. The summed E-state index contributed by atoms with van der Waals surface area (Å²) >= 11 is 0. The molecule has 0 saturated heterocycles. The van der Waals surface area contributed by atoms with Gasteiger partial charge in [-0.1, -0.05) is 12.8 Å². The van der Waals surface area contributed by atoms with Crippen molar-refractivity contribution in [2.24, 2.45) is 17.8 Å². The van der Waals surface area contributed by atoms with Crippen LogP contribution in [0.4, 0.5) is 4.79 Å². The van der Waals surface area contributed by atoms with Crippen LogP contribution >= 0.6 is 0 Å². The van der Waals surface area contributed by atoms with Gasteiger partial charge in [-0.15, -0.1) is 0 Å². The van der Waals surface area contributed by atoms with Gasteiger partial charge in [0.05, 0.1) is 6.61 Å². The van der Waals surface area contributed by atoms with Gasteiger partial charge in [0.15, 0.2) is 0 Å². The number of rotatable bonds is 13. The molecular weight excluding hydrogens is 394 g/mol.